The molecule has 8 aromatic rings. The maximum absolute atomic E-state index is 12.8. The average molecular weight is 1320 g/mol. The first-order valence-corrected chi connectivity index (χ1v) is 28.7. The first-order chi connectivity index (χ1) is 42.4. The van der Waals surface area contributed by atoms with E-state index in [0.717, 1.165) is 22.3 Å². The number of rotatable bonds is 12. The monoisotopic (exact) mass is 1310 g/mol. The summed E-state index contributed by atoms with van der Waals surface area (Å²) >= 11 is 0. The van der Waals surface area contributed by atoms with Crippen molar-refractivity contribution in [3.8, 4) is 0 Å². The van der Waals surface area contributed by atoms with E-state index in [1.807, 2.05) is 158 Å². The summed E-state index contributed by atoms with van der Waals surface area (Å²) in [5, 5.41) is 51.9. The van der Waals surface area contributed by atoms with E-state index in [1.165, 1.54) is 26.6 Å². The maximum Gasteiger partial charge on any atom is 1.00 e. The predicted octanol–water partition coefficient (Wildman–Crippen LogP) is 4.11. The third-order valence-corrected chi connectivity index (χ3v) is 16.7. The zero-order valence-electron chi connectivity index (χ0n) is 54.0. The van der Waals surface area contributed by atoms with Gasteiger partial charge in [0.2, 0.25) is 0 Å². The number of likely N-dealkylation sites (tertiary alicyclic amines) is 3. The summed E-state index contributed by atoms with van der Waals surface area (Å²) < 4.78 is 0. The molecule has 0 spiro atoms. The number of carbonyl (C=O) groups excluding carboxylic acids is 7. The van der Waals surface area contributed by atoms with Crippen LogP contribution in [0.5, 0.6) is 0 Å². The van der Waals surface area contributed by atoms with E-state index in [9.17, 15) is 59.1 Å². The number of carbonyl (C=O) groups is 7. The molecular weight excluding hydrogens is 1230 g/mol. The first kappa shape index (κ1) is 86.2. The van der Waals surface area contributed by atoms with Gasteiger partial charge in [-0.3, -0.25) is 33.6 Å². The van der Waals surface area contributed by atoms with Crippen LogP contribution in [0.3, 0.4) is 0 Å². The quantitative estimate of drug-likeness (QED) is 0.0860. The SMILES string of the molecule is C.C.C.C.CN1C(=O)C(O)=C(c2ccccc2)[C@H]1C(=O)c1ccccc1.CN1C(=O)[C@@H](O)[C@@H](c2ccccc2)[C@H]1C(=O)c1ccccc1.CN1C(=O)[C@@H](O)[C@@H](c2ccccc2)[C@H]1[C@H](O)c1ccccc1.CN1C(=O)[C@@H](O)[C@H](c2ccccc2)[C@H]1C(=O)c1ccccc1.[B].[B].[H-].[H-].[Na+].[Na+]. The molecule has 4 aliphatic heterocycles. The smallest absolute Gasteiger partial charge is 1.00 e. The molecule has 20 heteroatoms. The van der Waals surface area contributed by atoms with Crippen molar-refractivity contribution >= 4 is 63.4 Å². The molecule has 5 N–H and O–H groups in total. The summed E-state index contributed by atoms with van der Waals surface area (Å²) in [7, 11) is 6.30. The summed E-state index contributed by atoms with van der Waals surface area (Å²) in [6, 6.07) is 70.0. The van der Waals surface area contributed by atoms with Gasteiger partial charge in [0.05, 0.1) is 6.04 Å². The van der Waals surface area contributed by atoms with Crippen molar-refractivity contribution < 1.29 is 121 Å². The van der Waals surface area contributed by atoms with Crippen molar-refractivity contribution in [2.45, 2.75) is 96.0 Å². The van der Waals surface area contributed by atoms with Crippen molar-refractivity contribution in [2.24, 2.45) is 0 Å². The fraction of sp³-hybridized carbons (Fsp3) is 0.250. The molecule has 6 radical (unpaired) electrons. The third kappa shape index (κ3) is 18.4. The summed E-state index contributed by atoms with van der Waals surface area (Å²) in [5.41, 5.74) is 5.81. The second kappa shape index (κ2) is 39.4. The van der Waals surface area contributed by atoms with Crippen molar-refractivity contribution in [1.29, 1.82) is 0 Å². The number of amides is 4. The van der Waals surface area contributed by atoms with E-state index < -0.39 is 84.1 Å². The Labute approximate surface area is 616 Å². The number of hydrogen-bond acceptors (Lipinski definition) is 12. The van der Waals surface area contributed by atoms with Gasteiger partial charge in [-0.25, -0.2) is 0 Å². The molecule has 4 amide bonds. The van der Waals surface area contributed by atoms with Gasteiger partial charge >= 0.3 is 59.1 Å². The zero-order valence-corrected chi connectivity index (χ0v) is 56.0. The van der Waals surface area contributed by atoms with Crippen LogP contribution in [0.25, 0.3) is 5.57 Å². The van der Waals surface area contributed by atoms with Gasteiger partial charge in [-0.15, -0.1) is 0 Å². The molecule has 4 aliphatic rings. The van der Waals surface area contributed by atoms with E-state index in [1.54, 1.807) is 106 Å². The molecule has 96 heavy (non-hydrogen) atoms. The third-order valence-electron chi connectivity index (χ3n) is 16.7. The number of ketones is 3. The van der Waals surface area contributed by atoms with Crippen LogP contribution >= 0.6 is 0 Å². The van der Waals surface area contributed by atoms with Crippen LogP contribution in [0.1, 0.15) is 115 Å². The Hall–Kier alpha value is -7.84. The van der Waals surface area contributed by atoms with Gasteiger partial charge in [0, 0.05) is 85.0 Å². The molecule has 11 atom stereocenters. The van der Waals surface area contributed by atoms with Crippen molar-refractivity contribution in [3.63, 3.8) is 0 Å². The topological polar surface area (TPSA) is 234 Å². The standard InChI is InChI=1S/C18H19NO3.2C18H17NO3.C18H15NO3.4CH4.2B.2Na.2H/c4*1-19-15(16(20)13-10-6-3-7-11-13)14(17(21)18(19)22)12-8-4-2-5-9-12;;;;;;;;;;/h2-11,14-17,20-21H,1H3;2*2-11,14-15,17,21H,1H3;2-11,15,21H,1H3;4*1H4;;;;;;/q;;;;;;;;;;2*+1;2*-1/t14-,15-,16+,17-;14-,15+,17+;14-,15-,17-;15-;;;;;;;;;;/m0100........../s1. The fourth-order valence-corrected chi connectivity index (χ4v) is 12.1. The summed E-state index contributed by atoms with van der Waals surface area (Å²) in [6.45, 7) is 0. The van der Waals surface area contributed by atoms with Crippen LogP contribution in [0, 0.1) is 0 Å². The molecule has 3 fully saturated rings. The van der Waals surface area contributed by atoms with Gasteiger partial charge < -0.3 is 48.0 Å². The molecule has 4 heterocycles. The number of likely N-dealkylation sites (N-methyl/N-ethyl adjacent to an activating group) is 4. The molecule has 0 unspecified atom stereocenters. The second-order valence-corrected chi connectivity index (χ2v) is 21.9. The maximum atomic E-state index is 12.8. The molecular formula is C76H86B2N4Na2O12. The molecule has 0 aliphatic carbocycles. The van der Waals surface area contributed by atoms with Crippen LogP contribution < -0.4 is 59.1 Å². The van der Waals surface area contributed by atoms with E-state index in [0.29, 0.717) is 27.8 Å². The number of aliphatic hydroxyl groups is 5. The van der Waals surface area contributed by atoms with Crippen molar-refractivity contribution in [2.75, 3.05) is 28.2 Å². The van der Waals surface area contributed by atoms with E-state index in [4.69, 9.17) is 0 Å². The van der Waals surface area contributed by atoms with Crippen molar-refractivity contribution in [3.05, 3.63) is 293 Å². The molecule has 0 bridgehead atoms. The number of aliphatic hydroxyl groups excluding tert-OH is 5. The Morgan fingerprint density at radius 2 is 0.656 bits per heavy atom. The van der Waals surface area contributed by atoms with Crippen molar-refractivity contribution in [1.82, 2.24) is 19.6 Å². The van der Waals surface area contributed by atoms with Gasteiger partial charge in [0.1, 0.15) is 42.5 Å². The second-order valence-electron chi connectivity index (χ2n) is 21.9. The Bertz CT molecular complexity index is 3670. The molecule has 3 saturated heterocycles. The average Bonchev–Trinajstić information content (AvgIpc) is 1.65. The normalized spacial score (nSPS) is 21.4. The minimum absolute atomic E-state index is 0. The Morgan fingerprint density at radius 1 is 0.385 bits per heavy atom. The predicted molar refractivity (Wildman–Crippen MR) is 372 cm³/mol. The Morgan fingerprint density at radius 3 is 1.00 bits per heavy atom. The minimum Gasteiger partial charge on any atom is -1.00 e. The first-order valence-electron chi connectivity index (χ1n) is 28.7. The molecule has 8 aromatic carbocycles. The van der Waals surface area contributed by atoms with E-state index in [2.05, 4.69) is 0 Å². The molecule has 0 saturated carbocycles. The van der Waals surface area contributed by atoms with Gasteiger partial charge in [-0.2, -0.15) is 0 Å². The van der Waals surface area contributed by atoms with Crippen LogP contribution in [-0.2, 0) is 19.2 Å². The summed E-state index contributed by atoms with van der Waals surface area (Å²) in [6.07, 6.45) is -4.36. The van der Waals surface area contributed by atoms with E-state index in [-0.39, 0.29) is 138 Å². The van der Waals surface area contributed by atoms with Crippen LogP contribution in [0.15, 0.2) is 248 Å². The number of hydrogen-bond donors (Lipinski definition) is 5. The summed E-state index contributed by atoms with van der Waals surface area (Å²) in [4.78, 5) is 92.5. The van der Waals surface area contributed by atoms with Gasteiger partial charge in [-0.05, 0) is 27.8 Å². The van der Waals surface area contributed by atoms with Crippen LogP contribution in [0.4, 0.5) is 0 Å². The van der Waals surface area contributed by atoms with E-state index >= 15 is 0 Å². The molecule has 0 aromatic heterocycles. The number of nitrogens with zero attached hydrogens (tertiary/aromatic N) is 4. The Balaban J connectivity index is 0. The zero-order chi connectivity index (χ0) is 62.8. The van der Waals surface area contributed by atoms with Gasteiger partial charge in [-0.1, -0.05) is 272 Å². The fourth-order valence-electron chi connectivity index (χ4n) is 12.1. The molecule has 490 valence electrons. The van der Waals surface area contributed by atoms with Gasteiger partial charge in [0.25, 0.3) is 23.6 Å². The number of Topliss-reactive ketones (excluding diaryl/α,β-unsaturated/α-hetero) is 3. The molecule has 16 nitrogen and oxygen atoms in total. The number of benzene rings is 8. The Kier molecular flexibility index (Phi) is 35.4. The largest absolute Gasteiger partial charge is 1.00 e. The molecule has 12 rings (SSSR count). The van der Waals surface area contributed by atoms with Gasteiger partial charge in [0.15, 0.2) is 23.1 Å². The van der Waals surface area contributed by atoms with Crippen LogP contribution in [-0.4, -0.2) is 174 Å². The minimum atomic E-state index is -1.19. The van der Waals surface area contributed by atoms with Crippen LogP contribution in [0.2, 0.25) is 0 Å². The summed E-state index contributed by atoms with van der Waals surface area (Å²) in [5.74, 6) is -4.13.